The van der Waals surface area contributed by atoms with Crippen molar-refractivity contribution >= 4 is 27.6 Å². The van der Waals surface area contributed by atoms with Gasteiger partial charge in [-0.05, 0) is 68.0 Å². The number of halogens is 2. The second-order valence-corrected chi connectivity index (χ2v) is 11.3. The first-order valence-corrected chi connectivity index (χ1v) is 13.0. The minimum absolute atomic E-state index is 0.00229. The van der Waals surface area contributed by atoms with E-state index < -0.39 is 39.1 Å². The van der Waals surface area contributed by atoms with Crippen molar-refractivity contribution in [3.05, 3.63) is 59.2 Å². The summed E-state index contributed by atoms with van der Waals surface area (Å²) in [4.78, 5) is 25.9. The number of likely N-dealkylation sites (tertiary alicyclic amines) is 1. The van der Waals surface area contributed by atoms with Gasteiger partial charge in [-0.25, -0.2) is 22.0 Å². The average Bonchev–Trinajstić information content (AvgIpc) is 3.63. The molecule has 5 rings (SSSR count). The van der Waals surface area contributed by atoms with Crippen molar-refractivity contribution < 1.29 is 31.5 Å². The fourth-order valence-corrected chi connectivity index (χ4v) is 7.62. The third kappa shape index (κ3) is 3.61. The van der Waals surface area contributed by atoms with E-state index in [-0.39, 0.29) is 33.5 Å². The first-order valence-electron chi connectivity index (χ1n) is 11.6. The van der Waals surface area contributed by atoms with Crippen LogP contribution < -0.4 is 4.31 Å². The lowest BCUT2D eigenvalue weighted by Crippen LogP contribution is -2.54. The molecule has 10 heteroatoms. The largest absolute Gasteiger partial charge is 0.465 e. The van der Waals surface area contributed by atoms with Crippen LogP contribution in [0.1, 0.15) is 48.5 Å². The molecule has 1 saturated heterocycles. The van der Waals surface area contributed by atoms with Gasteiger partial charge in [0.2, 0.25) is 5.91 Å². The number of carbonyl (C=O) groups is 2. The van der Waals surface area contributed by atoms with Crippen LogP contribution in [-0.2, 0) is 25.0 Å². The van der Waals surface area contributed by atoms with Crippen LogP contribution in [0.15, 0.2) is 41.3 Å². The number of amides is 1. The maximum atomic E-state index is 16.1. The zero-order valence-corrected chi connectivity index (χ0v) is 20.3. The first-order chi connectivity index (χ1) is 16.6. The summed E-state index contributed by atoms with van der Waals surface area (Å²) >= 11 is 0. The van der Waals surface area contributed by atoms with Crippen LogP contribution in [0.5, 0.6) is 0 Å². The molecule has 2 heterocycles. The lowest BCUT2D eigenvalue weighted by Gasteiger charge is -2.45. The summed E-state index contributed by atoms with van der Waals surface area (Å²) in [6.45, 7) is 2.18. The number of methoxy groups -OCH3 is 1. The van der Waals surface area contributed by atoms with Crippen LogP contribution in [0, 0.1) is 17.6 Å². The Hall–Kier alpha value is -3.01. The summed E-state index contributed by atoms with van der Waals surface area (Å²) in [6.07, 6.45) is 2.30. The highest BCUT2D eigenvalue weighted by atomic mass is 32.2. The molecule has 0 bridgehead atoms. The van der Waals surface area contributed by atoms with E-state index in [1.165, 1.54) is 35.5 Å². The zero-order valence-electron chi connectivity index (χ0n) is 19.5. The molecular formula is C25H26F2N2O5S. The molecule has 1 amide bonds. The summed E-state index contributed by atoms with van der Waals surface area (Å²) in [5.41, 5.74) is -0.794. The minimum Gasteiger partial charge on any atom is -0.465 e. The predicted molar refractivity (Wildman–Crippen MR) is 123 cm³/mol. The van der Waals surface area contributed by atoms with E-state index in [0.29, 0.717) is 25.9 Å². The van der Waals surface area contributed by atoms with Crippen LogP contribution in [0.3, 0.4) is 0 Å². The lowest BCUT2D eigenvalue weighted by atomic mass is 9.67. The lowest BCUT2D eigenvalue weighted by molar-refractivity contribution is -0.130. The van der Waals surface area contributed by atoms with Crippen LogP contribution in [0.25, 0.3) is 0 Å². The summed E-state index contributed by atoms with van der Waals surface area (Å²) in [6, 6.07) is 6.71. The normalized spacial score (nSPS) is 21.2. The van der Waals surface area contributed by atoms with Crippen molar-refractivity contribution in [2.75, 3.05) is 24.5 Å². The number of hydrogen-bond acceptors (Lipinski definition) is 5. The molecule has 2 aromatic rings. The number of rotatable bonds is 4. The van der Waals surface area contributed by atoms with E-state index in [0.717, 1.165) is 32.1 Å². The molecule has 2 fully saturated rings. The fraction of sp³-hybridized carbons (Fsp3) is 0.440. The summed E-state index contributed by atoms with van der Waals surface area (Å²) in [7, 11) is -3.02. The maximum Gasteiger partial charge on any atom is 0.340 e. The van der Waals surface area contributed by atoms with Crippen LogP contribution in [0.4, 0.5) is 14.5 Å². The first kappa shape index (κ1) is 23.7. The van der Waals surface area contributed by atoms with Gasteiger partial charge in [-0.3, -0.25) is 9.10 Å². The minimum atomic E-state index is -4.18. The van der Waals surface area contributed by atoms with Gasteiger partial charge >= 0.3 is 5.97 Å². The number of ether oxygens (including phenoxy) is 1. The van der Waals surface area contributed by atoms with Gasteiger partial charge in [0.15, 0.2) is 0 Å². The number of hydrogen-bond donors (Lipinski definition) is 0. The third-order valence-electron chi connectivity index (χ3n) is 7.62. The molecule has 1 unspecified atom stereocenters. The second kappa shape index (κ2) is 8.29. The number of sulfonamides is 1. The molecule has 0 radical (unpaired) electrons. The van der Waals surface area contributed by atoms with Crippen molar-refractivity contribution in [3.63, 3.8) is 0 Å². The summed E-state index contributed by atoms with van der Waals surface area (Å²) in [5, 5.41) is 0. The molecule has 1 aliphatic carbocycles. The van der Waals surface area contributed by atoms with Gasteiger partial charge in [0.25, 0.3) is 10.0 Å². The zero-order chi connectivity index (χ0) is 25.1. The second-order valence-electron chi connectivity index (χ2n) is 9.51. The summed E-state index contributed by atoms with van der Waals surface area (Å²) < 4.78 is 63.7. The van der Waals surface area contributed by atoms with Gasteiger partial charge in [0.1, 0.15) is 11.6 Å². The molecule has 1 saturated carbocycles. The Kier molecular flexibility index (Phi) is 5.62. The Labute approximate surface area is 202 Å². The quantitative estimate of drug-likeness (QED) is 0.594. The number of benzene rings is 2. The molecule has 1 atom stereocenters. The van der Waals surface area contributed by atoms with Gasteiger partial charge in [0.05, 0.1) is 29.3 Å². The highest BCUT2D eigenvalue weighted by Gasteiger charge is 2.61. The van der Waals surface area contributed by atoms with Crippen LogP contribution in [0.2, 0.25) is 0 Å². The molecule has 186 valence electrons. The molecule has 2 aliphatic heterocycles. The number of piperidine rings is 1. The van der Waals surface area contributed by atoms with Gasteiger partial charge in [-0.15, -0.1) is 0 Å². The van der Waals surface area contributed by atoms with Gasteiger partial charge < -0.3 is 9.64 Å². The average molecular weight is 505 g/mol. The molecule has 0 N–H and O–H groups in total. The molecule has 2 aromatic carbocycles. The Bertz CT molecular complexity index is 1300. The van der Waals surface area contributed by atoms with Gasteiger partial charge in [-0.2, -0.15) is 0 Å². The van der Waals surface area contributed by atoms with Crippen molar-refractivity contribution in [3.8, 4) is 0 Å². The fourth-order valence-electron chi connectivity index (χ4n) is 5.83. The monoisotopic (exact) mass is 504 g/mol. The van der Waals surface area contributed by atoms with Crippen molar-refractivity contribution in [1.82, 2.24) is 4.90 Å². The SMILES string of the molecule is COC(=O)c1ccc2c(c1F)C1(CCN(C(C)=O)CC1)C(C1CC1)N2S(=O)(=O)c1ccc(F)cc1. The Morgan fingerprint density at radius 1 is 1.03 bits per heavy atom. The maximum absolute atomic E-state index is 16.1. The molecule has 1 spiro atoms. The predicted octanol–water partition coefficient (Wildman–Crippen LogP) is 3.62. The van der Waals surface area contributed by atoms with Gasteiger partial charge in [0, 0.05) is 31.0 Å². The van der Waals surface area contributed by atoms with Crippen molar-refractivity contribution in [2.24, 2.45) is 5.92 Å². The van der Waals surface area contributed by atoms with Crippen LogP contribution in [-0.4, -0.2) is 51.4 Å². The number of anilines is 1. The Morgan fingerprint density at radius 2 is 1.66 bits per heavy atom. The number of fused-ring (bicyclic) bond motifs is 2. The molecular weight excluding hydrogens is 478 g/mol. The molecule has 0 aromatic heterocycles. The number of carbonyl (C=O) groups excluding carboxylic acids is 2. The molecule has 7 nitrogen and oxygen atoms in total. The van der Waals surface area contributed by atoms with E-state index in [4.69, 9.17) is 4.74 Å². The van der Waals surface area contributed by atoms with E-state index in [9.17, 15) is 22.4 Å². The molecule has 35 heavy (non-hydrogen) atoms. The highest BCUT2D eigenvalue weighted by Crippen LogP contribution is 2.59. The van der Waals surface area contributed by atoms with E-state index in [1.54, 1.807) is 4.90 Å². The number of nitrogens with zero attached hydrogens (tertiary/aromatic N) is 2. The van der Waals surface area contributed by atoms with Crippen molar-refractivity contribution in [2.45, 2.75) is 49.0 Å². The topological polar surface area (TPSA) is 84.0 Å². The Balaban J connectivity index is 1.73. The van der Waals surface area contributed by atoms with Crippen molar-refractivity contribution in [1.29, 1.82) is 0 Å². The highest BCUT2D eigenvalue weighted by molar-refractivity contribution is 7.92. The van der Waals surface area contributed by atoms with Crippen LogP contribution >= 0.6 is 0 Å². The van der Waals surface area contributed by atoms with Gasteiger partial charge in [-0.1, -0.05) is 0 Å². The summed E-state index contributed by atoms with van der Waals surface area (Å²) in [5.74, 6) is -2.29. The number of esters is 1. The molecule has 3 aliphatic rings. The smallest absolute Gasteiger partial charge is 0.340 e. The Morgan fingerprint density at radius 3 is 2.20 bits per heavy atom. The van der Waals surface area contributed by atoms with E-state index in [1.807, 2.05) is 0 Å². The van der Waals surface area contributed by atoms with E-state index >= 15 is 4.39 Å². The van der Waals surface area contributed by atoms with E-state index in [2.05, 4.69) is 0 Å². The third-order valence-corrected chi connectivity index (χ3v) is 9.43. The standard InChI is InChI=1S/C25H26F2N2O5S/c1-15(30)28-13-11-25(12-14-28)21-20(10-9-19(22(21)27)24(31)34-2)29(23(25)16-3-4-16)35(32,33)18-7-5-17(26)6-8-18/h5-10,16,23H,3-4,11-14H2,1-2H3.